The fraction of sp³-hybridized carbons (Fsp3) is 1.00. The SMILES string of the molecule is CCC1(OC)CCCN1C. The van der Waals surface area contributed by atoms with E-state index in [-0.39, 0.29) is 5.72 Å². The lowest BCUT2D eigenvalue weighted by atomic mass is 10.1. The van der Waals surface area contributed by atoms with E-state index in [1.54, 1.807) is 0 Å². The Hall–Kier alpha value is -0.0800. The van der Waals surface area contributed by atoms with Crippen molar-refractivity contribution < 1.29 is 4.74 Å². The summed E-state index contributed by atoms with van der Waals surface area (Å²) in [5.41, 5.74) is 0.0694. The van der Waals surface area contributed by atoms with Crippen molar-refractivity contribution >= 4 is 0 Å². The lowest BCUT2D eigenvalue weighted by molar-refractivity contribution is -0.103. The lowest BCUT2D eigenvalue weighted by Gasteiger charge is -2.33. The number of ether oxygens (including phenoxy) is 1. The lowest BCUT2D eigenvalue weighted by Crippen LogP contribution is -2.42. The summed E-state index contributed by atoms with van der Waals surface area (Å²) in [6, 6.07) is 0. The maximum Gasteiger partial charge on any atom is 0.120 e. The molecule has 0 aromatic rings. The van der Waals surface area contributed by atoms with Crippen LogP contribution in [0.4, 0.5) is 0 Å². The number of hydrogen-bond acceptors (Lipinski definition) is 2. The summed E-state index contributed by atoms with van der Waals surface area (Å²) in [6.07, 6.45) is 3.56. The van der Waals surface area contributed by atoms with Crippen molar-refractivity contribution in [2.45, 2.75) is 31.9 Å². The third kappa shape index (κ3) is 1.06. The normalized spacial score (nSPS) is 35.1. The van der Waals surface area contributed by atoms with Crippen LogP contribution < -0.4 is 0 Å². The van der Waals surface area contributed by atoms with Crippen LogP contribution in [0.3, 0.4) is 0 Å². The zero-order valence-electron chi connectivity index (χ0n) is 7.18. The van der Waals surface area contributed by atoms with Gasteiger partial charge in [-0.15, -0.1) is 0 Å². The van der Waals surface area contributed by atoms with Gasteiger partial charge >= 0.3 is 0 Å². The quantitative estimate of drug-likeness (QED) is 0.580. The highest BCUT2D eigenvalue weighted by Crippen LogP contribution is 2.30. The highest BCUT2D eigenvalue weighted by atomic mass is 16.5. The molecule has 0 amide bonds. The topological polar surface area (TPSA) is 12.5 Å². The number of rotatable bonds is 2. The maximum atomic E-state index is 5.49. The second kappa shape index (κ2) is 2.89. The van der Waals surface area contributed by atoms with E-state index in [0.29, 0.717) is 0 Å². The molecular formula is C8H17NO. The molecule has 0 bridgehead atoms. The van der Waals surface area contributed by atoms with Gasteiger partial charge in [0.25, 0.3) is 0 Å². The molecule has 10 heavy (non-hydrogen) atoms. The second-order valence-corrected chi connectivity index (χ2v) is 3.03. The van der Waals surface area contributed by atoms with Gasteiger partial charge in [-0.3, -0.25) is 4.90 Å². The van der Waals surface area contributed by atoms with Crippen molar-refractivity contribution in [3.63, 3.8) is 0 Å². The first-order chi connectivity index (χ1) is 4.75. The molecule has 0 aromatic carbocycles. The van der Waals surface area contributed by atoms with Gasteiger partial charge in [0.15, 0.2) is 0 Å². The van der Waals surface area contributed by atoms with Crippen LogP contribution in [-0.4, -0.2) is 31.3 Å². The Labute approximate surface area is 63.2 Å². The van der Waals surface area contributed by atoms with Gasteiger partial charge in [0.1, 0.15) is 5.72 Å². The fourth-order valence-electron chi connectivity index (χ4n) is 1.84. The number of likely N-dealkylation sites (tertiary alicyclic amines) is 1. The van der Waals surface area contributed by atoms with E-state index in [1.807, 2.05) is 7.11 Å². The van der Waals surface area contributed by atoms with Gasteiger partial charge in [-0.2, -0.15) is 0 Å². The van der Waals surface area contributed by atoms with Gasteiger partial charge in [-0.05, 0) is 26.3 Å². The van der Waals surface area contributed by atoms with Crippen molar-refractivity contribution in [3.05, 3.63) is 0 Å². The number of methoxy groups -OCH3 is 1. The molecule has 2 heteroatoms. The van der Waals surface area contributed by atoms with Crippen LogP contribution in [0.15, 0.2) is 0 Å². The predicted molar refractivity (Wildman–Crippen MR) is 41.9 cm³/mol. The van der Waals surface area contributed by atoms with Crippen LogP contribution >= 0.6 is 0 Å². The molecule has 1 atom stereocenters. The maximum absolute atomic E-state index is 5.49. The Kier molecular flexibility index (Phi) is 2.32. The molecule has 1 heterocycles. The smallest absolute Gasteiger partial charge is 0.120 e. The monoisotopic (exact) mass is 143 g/mol. The average Bonchev–Trinajstić information content (AvgIpc) is 2.32. The van der Waals surface area contributed by atoms with E-state index >= 15 is 0 Å². The van der Waals surface area contributed by atoms with Crippen LogP contribution in [-0.2, 0) is 4.74 Å². The Balaban J connectivity index is 2.61. The summed E-state index contributed by atoms with van der Waals surface area (Å²) in [7, 11) is 3.95. The molecule has 1 rings (SSSR count). The van der Waals surface area contributed by atoms with Gasteiger partial charge < -0.3 is 4.74 Å². The fourth-order valence-corrected chi connectivity index (χ4v) is 1.84. The molecule has 0 spiro atoms. The third-order valence-corrected chi connectivity index (χ3v) is 2.69. The minimum absolute atomic E-state index is 0.0694. The van der Waals surface area contributed by atoms with E-state index in [2.05, 4.69) is 18.9 Å². The first-order valence-electron chi connectivity index (χ1n) is 4.01. The summed E-state index contributed by atoms with van der Waals surface area (Å²) in [5, 5.41) is 0. The summed E-state index contributed by atoms with van der Waals surface area (Å²) in [6.45, 7) is 3.37. The Bertz CT molecular complexity index is 110. The van der Waals surface area contributed by atoms with Gasteiger partial charge in [0.05, 0.1) is 0 Å². The molecule has 0 saturated carbocycles. The highest BCUT2D eigenvalue weighted by Gasteiger charge is 2.36. The predicted octanol–water partition coefficient (Wildman–Crippen LogP) is 1.46. The molecule has 1 aliphatic heterocycles. The largest absolute Gasteiger partial charge is 0.364 e. The van der Waals surface area contributed by atoms with Gasteiger partial charge in [-0.1, -0.05) is 6.92 Å². The standard InChI is InChI=1S/C8H17NO/c1-4-8(10-3)6-5-7-9(8)2/h4-7H2,1-3H3. The zero-order valence-corrected chi connectivity index (χ0v) is 7.18. The van der Waals surface area contributed by atoms with Crippen LogP contribution in [0.1, 0.15) is 26.2 Å². The van der Waals surface area contributed by atoms with Gasteiger partial charge in [0, 0.05) is 13.7 Å². The number of nitrogens with zero attached hydrogens (tertiary/aromatic N) is 1. The van der Waals surface area contributed by atoms with E-state index < -0.39 is 0 Å². The summed E-state index contributed by atoms with van der Waals surface area (Å²) in [4.78, 5) is 2.31. The molecule has 2 nitrogen and oxygen atoms in total. The van der Waals surface area contributed by atoms with E-state index in [0.717, 1.165) is 6.42 Å². The molecule has 0 N–H and O–H groups in total. The van der Waals surface area contributed by atoms with E-state index in [9.17, 15) is 0 Å². The Morgan fingerprint density at radius 2 is 2.30 bits per heavy atom. The molecule has 1 aliphatic rings. The van der Waals surface area contributed by atoms with Crippen molar-refractivity contribution in [2.75, 3.05) is 20.7 Å². The molecule has 0 aliphatic carbocycles. The van der Waals surface area contributed by atoms with E-state index in [1.165, 1.54) is 19.4 Å². The molecular weight excluding hydrogens is 126 g/mol. The van der Waals surface area contributed by atoms with Gasteiger partial charge in [0.2, 0.25) is 0 Å². The first kappa shape index (κ1) is 8.02. The van der Waals surface area contributed by atoms with Crippen molar-refractivity contribution in [1.29, 1.82) is 0 Å². The summed E-state index contributed by atoms with van der Waals surface area (Å²) < 4.78 is 5.49. The first-order valence-corrected chi connectivity index (χ1v) is 4.01. The van der Waals surface area contributed by atoms with Crippen LogP contribution in [0, 0.1) is 0 Å². The second-order valence-electron chi connectivity index (χ2n) is 3.03. The molecule has 1 fully saturated rings. The average molecular weight is 143 g/mol. The molecule has 1 saturated heterocycles. The van der Waals surface area contributed by atoms with Gasteiger partial charge in [-0.25, -0.2) is 0 Å². The Morgan fingerprint density at radius 1 is 1.60 bits per heavy atom. The van der Waals surface area contributed by atoms with Crippen molar-refractivity contribution in [1.82, 2.24) is 4.90 Å². The molecule has 60 valence electrons. The zero-order chi connectivity index (χ0) is 7.61. The highest BCUT2D eigenvalue weighted by molar-refractivity contribution is 4.83. The number of hydrogen-bond donors (Lipinski definition) is 0. The van der Waals surface area contributed by atoms with Crippen LogP contribution in [0.25, 0.3) is 0 Å². The minimum atomic E-state index is 0.0694. The van der Waals surface area contributed by atoms with Crippen LogP contribution in [0.5, 0.6) is 0 Å². The Morgan fingerprint density at radius 3 is 2.50 bits per heavy atom. The van der Waals surface area contributed by atoms with Crippen molar-refractivity contribution in [3.8, 4) is 0 Å². The minimum Gasteiger partial charge on any atom is -0.364 e. The van der Waals surface area contributed by atoms with Crippen LogP contribution in [0.2, 0.25) is 0 Å². The molecule has 0 aromatic heterocycles. The molecule has 0 radical (unpaired) electrons. The van der Waals surface area contributed by atoms with E-state index in [4.69, 9.17) is 4.74 Å². The van der Waals surface area contributed by atoms with Crippen molar-refractivity contribution in [2.24, 2.45) is 0 Å². The summed E-state index contributed by atoms with van der Waals surface area (Å²) in [5.74, 6) is 0. The molecule has 1 unspecified atom stereocenters. The third-order valence-electron chi connectivity index (χ3n) is 2.69. The summed E-state index contributed by atoms with van der Waals surface area (Å²) >= 11 is 0.